The Morgan fingerprint density at radius 3 is 2.61 bits per heavy atom. The van der Waals surface area contributed by atoms with E-state index in [2.05, 4.69) is 17.2 Å². The van der Waals surface area contributed by atoms with Gasteiger partial charge in [0.1, 0.15) is 0 Å². The highest BCUT2D eigenvalue weighted by atomic mass is 32.2. The van der Waals surface area contributed by atoms with Crippen LogP contribution in [-0.4, -0.2) is 29.0 Å². The molecule has 0 aromatic carbocycles. The molecule has 2 aliphatic rings. The summed E-state index contributed by atoms with van der Waals surface area (Å²) in [6.45, 7) is 3.18. The smallest absolute Gasteiger partial charge is 0.188 e. The Balaban J connectivity index is 1.77. The fourth-order valence-electron chi connectivity index (χ4n) is 2.89. The van der Waals surface area contributed by atoms with Crippen LogP contribution >= 0.6 is 11.8 Å². The second kappa shape index (κ2) is 6.69. The van der Waals surface area contributed by atoms with Gasteiger partial charge >= 0.3 is 0 Å². The lowest BCUT2D eigenvalue weighted by Gasteiger charge is -2.21. The molecule has 1 unspecified atom stereocenters. The second-order valence-electron chi connectivity index (χ2n) is 5.94. The van der Waals surface area contributed by atoms with E-state index >= 15 is 0 Å². The van der Waals surface area contributed by atoms with Crippen LogP contribution in [0.1, 0.15) is 58.3 Å². The molecule has 1 aliphatic carbocycles. The molecule has 4 heteroatoms. The average molecular weight is 269 g/mol. The molecule has 0 aromatic heterocycles. The minimum atomic E-state index is 0.329. The van der Waals surface area contributed by atoms with Crippen molar-refractivity contribution in [3.63, 3.8) is 0 Å². The van der Waals surface area contributed by atoms with Crippen molar-refractivity contribution < 1.29 is 0 Å². The number of hydrogen-bond donors (Lipinski definition) is 2. The van der Waals surface area contributed by atoms with Gasteiger partial charge in [-0.2, -0.15) is 11.8 Å². The first kappa shape index (κ1) is 14.0. The molecule has 1 heterocycles. The number of nitrogens with zero attached hydrogens (tertiary/aromatic N) is 1. The molecule has 3 nitrogen and oxygen atoms in total. The van der Waals surface area contributed by atoms with Crippen molar-refractivity contribution >= 4 is 17.7 Å². The van der Waals surface area contributed by atoms with Gasteiger partial charge < -0.3 is 11.1 Å². The molecule has 1 saturated carbocycles. The molecule has 18 heavy (non-hydrogen) atoms. The van der Waals surface area contributed by atoms with E-state index in [1.54, 1.807) is 0 Å². The third-order valence-corrected chi connectivity index (χ3v) is 5.61. The molecule has 1 saturated heterocycles. The normalized spacial score (nSPS) is 31.3. The Hall–Kier alpha value is -0.380. The predicted octanol–water partition coefficient (Wildman–Crippen LogP) is 2.90. The fraction of sp³-hybridized carbons (Fsp3) is 0.929. The molecule has 0 amide bonds. The van der Waals surface area contributed by atoms with Crippen molar-refractivity contribution in [2.24, 2.45) is 10.7 Å². The summed E-state index contributed by atoms with van der Waals surface area (Å²) in [5.41, 5.74) is 6.02. The van der Waals surface area contributed by atoms with Gasteiger partial charge in [-0.3, -0.25) is 4.99 Å². The van der Waals surface area contributed by atoms with Crippen LogP contribution in [0.4, 0.5) is 0 Å². The largest absolute Gasteiger partial charge is 0.370 e. The molecule has 2 fully saturated rings. The summed E-state index contributed by atoms with van der Waals surface area (Å²) in [5, 5.41) is 3.42. The van der Waals surface area contributed by atoms with Crippen LogP contribution in [0.25, 0.3) is 0 Å². The maximum atomic E-state index is 6.02. The third kappa shape index (κ3) is 4.38. The van der Waals surface area contributed by atoms with Gasteiger partial charge in [-0.15, -0.1) is 0 Å². The van der Waals surface area contributed by atoms with Gasteiger partial charge in [0, 0.05) is 10.8 Å². The zero-order chi connectivity index (χ0) is 12.8. The van der Waals surface area contributed by atoms with Gasteiger partial charge in [0.05, 0.1) is 6.54 Å². The molecule has 0 radical (unpaired) electrons. The summed E-state index contributed by atoms with van der Waals surface area (Å²) < 4.78 is 0.329. The maximum absolute atomic E-state index is 6.02. The van der Waals surface area contributed by atoms with Gasteiger partial charge in [-0.25, -0.2) is 0 Å². The lowest BCUT2D eigenvalue weighted by molar-refractivity contribution is 0.528. The number of guanidine groups is 1. The van der Waals surface area contributed by atoms with Crippen LogP contribution < -0.4 is 11.1 Å². The SMILES string of the molecule is CC1(CN=C(N)NC2CCCCCC2)CCCS1. The topological polar surface area (TPSA) is 50.4 Å². The van der Waals surface area contributed by atoms with E-state index in [1.807, 2.05) is 11.8 Å². The molecule has 0 aromatic rings. The number of rotatable bonds is 3. The molecule has 2 rings (SSSR count). The fourth-order valence-corrected chi connectivity index (χ4v) is 4.12. The summed E-state index contributed by atoms with van der Waals surface area (Å²) in [6, 6.07) is 0.556. The van der Waals surface area contributed by atoms with E-state index in [0.29, 0.717) is 16.7 Å². The molecule has 0 spiro atoms. The van der Waals surface area contributed by atoms with Crippen molar-refractivity contribution in [1.82, 2.24) is 5.32 Å². The second-order valence-corrected chi connectivity index (χ2v) is 7.62. The Morgan fingerprint density at radius 1 is 1.28 bits per heavy atom. The minimum absolute atomic E-state index is 0.329. The number of nitrogens with one attached hydrogen (secondary N) is 1. The number of thioether (sulfide) groups is 1. The molecule has 104 valence electrons. The van der Waals surface area contributed by atoms with E-state index in [1.165, 1.54) is 57.1 Å². The monoisotopic (exact) mass is 269 g/mol. The van der Waals surface area contributed by atoms with E-state index in [9.17, 15) is 0 Å². The number of nitrogens with two attached hydrogens (primary N) is 1. The lowest BCUT2D eigenvalue weighted by atomic mass is 10.1. The van der Waals surface area contributed by atoms with Crippen LogP contribution in [-0.2, 0) is 0 Å². The molecule has 0 bridgehead atoms. The lowest BCUT2D eigenvalue weighted by Crippen LogP contribution is -2.40. The highest BCUT2D eigenvalue weighted by Crippen LogP contribution is 2.37. The van der Waals surface area contributed by atoms with Crippen LogP contribution in [0.5, 0.6) is 0 Å². The van der Waals surface area contributed by atoms with Gasteiger partial charge in [-0.05, 0) is 38.4 Å². The predicted molar refractivity (Wildman–Crippen MR) is 81.2 cm³/mol. The van der Waals surface area contributed by atoms with Crippen LogP contribution in [0.2, 0.25) is 0 Å². The summed E-state index contributed by atoms with van der Waals surface area (Å²) in [4.78, 5) is 4.57. The van der Waals surface area contributed by atoms with Crippen LogP contribution in [0, 0.1) is 0 Å². The van der Waals surface area contributed by atoms with E-state index in [0.717, 1.165) is 6.54 Å². The Bertz CT molecular complexity index is 277. The summed E-state index contributed by atoms with van der Waals surface area (Å²) in [5.74, 6) is 1.94. The van der Waals surface area contributed by atoms with Crippen LogP contribution in [0.15, 0.2) is 4.99 Å². The van der Waals surface area contributed by atoms with Crippen molar-refractivity contribution in [3.05, 3.63) is 0 Å². The first-order chi connectivity index (χ1) is 8.68. The Labute approximate surface area is 115 Å². The standard InChI is InChI=1S/C14H27N3S/c1-14(9-6-10-18-14)11-16-13(15)17-12-7-4-2-3-5-8-12/h12H,2-11H2,1H3,(H3,15,16,17). The molecule has 1 atom stereocenters. The Morgan fingerprint density at radius 2 is 2.00 bits per heavy atom. The van der Waals surface area contributed by atoms with Crippen LogP contribution in [0.3, 0.4) is 0 Å². The van der Waals surface area contributed by atoms with Crippen molar-refractivity contribution in [1.29, 1.82) is 0 Å². The highest BCUT2D eigenvalue weighted by Gasteiger charge is 2.29. The van der Waals surface area contributed by atoms with E-state index in [-0.39, 0.29) is 0 Å². The first-order valence-electron chi connectivity index (χ1n) is 7.38. The maximum Gasteiger partial charge on any atom is 0.188 e. The first-order valence-corrected chi connectivity index (χ1v) is 8.37. The highest BCUT2D eigenvalue weighted by molar-refractivity contribution is 8.00. The van der Waals surface area contributed by atoms with Gasteiger partial charge in [0.15, 0.2) is 5.96 Å². The molecule has 1 aliphatic heterocycles. The summed E-state index contributed by atoms with van der Waals surface area (Å²) >= 11 is 2.05. The zero-order valence-corrected chi connectivity index (χ0v) is 12.4. The minimum Gasteiger partial charge on any atom is -0.370 e. The summed E-state index contributed by atoms with van der Waals surface area (Å²) in [6.07, 6.45) is 10.5. The quantitative estimate of drug-likeness (QED) is 0.470. The molecular formula is C14H27N3S. The van der Waals surface area contributed by atoms with Gasteiger partial charge in [0.25, 0.3) is 0 Å². The Kier molecular flexibility index (Phi) is 5.22. The third-order valence-electron chi connectivity index (χ3n) is 4.09. The van der Waals surface area contributed by atoms with Gasteiger partial charge in [0.2, 0.25) is 0 Å². The van der Waals surface area contributed by atoms with Gasteiger partial charge in [-0.1, -0.05) is 25.7 Å². The molecular weight excluding hydrogens is 242 g/mol. The average Bonchev–Trinajstić information content (AvgIpc) is 2.62. The summed E-state index contributed by atoms with van der Waals surface area (Å²) in [7, 11) is 0. The van der Waals surface area contributed by atoms with E-state index in [4.69, 9.17) is 5.73 Å². The van der Waals surface area contributed by atoms with Crippen molar-refractivity contribution in [3.8, 4) is 0 Å². The van der Waals surface area contributed by atoms with E-state index < -0.39 is 0 Å². The van der Waals surface area contributed by atoms with Crippen molar-refractivity contribution in [2.45, 2.75) is 69.1 Å². The zero-order valence-electron chi connectivity index (χ0n) is 11.6. The number of hydrogen-bond acceptors (Lipinski definition) is 2. The number of aliphatic imine (C=N–C) groups is 1. The van der Waals surface area contributed by atoms with Crippen molar-refractivity contribution in [2.75, 3.05) is 12.3 Å². The molecule has 3 N–H and O–H groups in total.